The van der Waals surface area contributed by atoms with E-state index in [4.69, 9.17) is 26.2 Å². The van der Waals surface area contributed by atoms with E-state index in [0.29, 0.717) is 17.2 Å². The second kappa shape index (κ2) is 7.51. The molecule has 0 bridgehead atoms. The van der Waals surface area contributed by atoms with E-state index in [0.717, 1.165) is 5.56 Å². The zero-order chi connectivity index (χ0) is 16.8. The molecule has 0 aliphatic heterocycles. The molecule has 0 spiro atoms. The van der Waals surface area contributed by atoms with Crippen molar-refractivity contribution in [2.24, 2.45) is 5.10 Å². The number of benzene rings is 2. The van der Waals surface area contributed by atoms with Gasteiger partial charge in [-0.2, -0.15) is 5.10 Å². The van der Waals surface area contributed by atoms with Crippen molar-refractivity contribution in [3.63, 3.8) is 0 Å². The first-order valence-electron chi connectivity index (χ1n) is 6.59. The molecule has 7 heteroatoms. The number of anilines is 1. The lowest BCUT2D eigenvalue weighted by Crippen LogP contribution is -1.99. The summed E-state index contributed by atoms with van der Waals surface area (Å²) in [5, 5.41) is 13.3. The fourth-order valence-electron chi connectivity index (χ4n) is 1.86. The Hall–Kier alpha value is -2.73. The molecule has 0 heterocycles. The molecule has 23 heavy (non-hydrogen) atoms. The quantitative estimate of drug-likeness (QED) is 0.624. The molecule has 0 radical (unpaired) electrons. The summed E-state index contributed by atoms with van der Waals surface area (Å²) in [6.45, 7) is 0. The van der Waals surface area contributed by atoms with Crippen LogP contribution in [0.2, 0.25) is 5.02 Å². The van der Waals surface area contributed by atoms with E-state index in [-0.39, 0.29) is 10.6 Å². The lowest BCUT2D eigenvalue weighted by molar-refractivity contribution is 0.0697. The minimum Gasteiger partial charge on any atom is -0.497 e. The first-order chi connectivity index (χ1) is 11.0. The zero-order valence-corrected chi connectivity index (χ0v) is 13.3. The van der Waals surface area contributed by atoms with E-state index in [1.165, 1.54) is 12.1 Å². The van der Waals surface area contributed by atoms with Crippen molar-refractivity contribution >= 4 is 29.5 Å². The number of carboxylic acids is 1. The van der Waals surface area contributed by atoms with E-state index in [1.54, 1.807) is 44.7 Å². The summed E-state index contributed by atoms with van der Waals surface area (Å²) in [5.74, 6) is 0.187. The van der Waals surface area contributed by atoms with Gasteiger partial charge in [0.2, 0.25) is 0 Å². The van der Waals surface area contributed by atoms with Gasteiger partial charge in [-0.15, -0.1) is 0 Å². The van der Waals surface area contributed by atoms with E-state index < -0.39 is 5.97 Å². The number of hydrazone groups is 1. The van der Waals surface area contributed by atoms with Crippen molar-refractivity contribution in [2.45, 2.75) is 0 Å². The predicted molar refractivity (Wildman–Crippen MR) is 89.2 cm³/mol. The summed E-state index contributed by atoms with van der Waals surface area (Å²) in [4.78, 5) is 11.0. The number of carbonyl (C=O) groups is 1. The number of carboxylic acid groups (broad SMARTS) is 1. The van der Waals surface area contributed by atoms with Crippen LogP contribution in [0.5, 0.6) is 11.5 Å². The van der Waals surface area contributed by atoms with Gasteiger partial charge in [-0.1, -0.05) is 11.6 Å². The molecule has 2 N–H and O–H groups in total. The first kappa shape index (κ1) is 16.6. The molecule has 2 aromatic rings. The average molecular weight is 335 g/mol. The molecule has 6 nitrogen and oxygen atoms in total. The van der Waals surface area contributed by atoms with Crippen molar-refractivity contribution in [3.8, 4) is 11.5 Å². The summed E-state index contributed by atoms with van der Waals surface area (Å²) in [7, 11) is 3.13. The number of nitrogens with zero attached hydrogens (tertiary/aromatic N) is 1. The number of nitrogens with one attached hydrogen (secondary N) is 1. The van der Waals surface area contributed by atoms with Gasteiger partial charge in [-0.25, -0.2) is 4.79 Å². The highest BCUT2D eigenvalue weighted by atomic mass is 35.5. The summed E-state index contributed by atoms with van der Waals surface area (Å²) < 4.78 is 10.4. The Labute approximate surface area is 138 Å². The average Bonchev–Trinajstić information content (AvgIpc) is 2.56. The van der Waals surface area contributed by atoms with Crippen molar-refractivity contribution in [2.75, 3.05) is 19.6 Å². The highest BCUT2D eigenvalue weighted by molar-refractivity contribution is 6.33. The van der Waals surface area contributed by atoms with Crippen LogP contribution in [0.15, 0.2) is 41.5 Å². The predicted octanol–water partition coefficient (Wildman–Crippen LogP) is 3.50. The molecule has 120 valence electrons. The molecule has 0 aliphatic rings. The van der Waals surface area contributed by atoms with Gasteiger partial charge in [0.1, 0.15) is 11.5 Å². The standard InChI is InChI=1S/C16H15ClN2O4/c1-22-12-5-3-10(15(8-12)23-2)9-18-19-11-4-6-14(17)13(7-11)16(20)21/h3-9,19H,1-2H3,(H,20,21). The van der Waals surface area contributed by atoms with Crippen LogP contribution in [0.1, 0.15) is 15.9 Å². The second-order valence-corrected chi connectivity index (χ2v) is 4.88. The van der Waals surface area contributed by atoms with E-state index >= 15 is 0 Å². The normalized spacial score (nSPS) is 10.6. The van der Waals surface area contributed by atoms with E-state index in [1.807, 2.05) is 0 Å². The van der Waals surface area contributed by atoms with Gasteiger partial charge in [-0.3, -0.25) is 5.43 Å². The van der Waals surface area contributed by atoms with E-state index in [9.17, 15) is 4.79 Å². The smallest absolute Gasteiger partial charge is 0.337 e. The third-order valence-electron chi connectivity index (χ3n) is 3.03. The number of rotatable bonds is 6. The molecule has 2 rings (SSSR count). The molecule has 0 amide bonds. The molecule has 0 aliphatic carbocycles. The SMILES string of the molecule is COc1ccc(C=NNc2ccc(Cl)c(C(=O)O)c2)c(OC)c1. The minimum absolute atomic E-state index is 0.00824. The summed E-state index contributed by atoms with van der Waals surface area (Å²) in [6.07, 6.45) is 1.56. The number of hydrogen-bond acceptors (Lipinski definition) is 5. The molecule has 0 saturated carbocycles. The number of ether oxygens (including phenoxy) is 2. The van der Waals surface area contributed by atoms with Crippen molar-refractivity contribution in [1.29, 1.82) is 0 Å². The maximum atomic E-state index is 11.0. The zero-order valence-electron chi connectivity index (χ0n) is 12.5. The monoisotopic (exact) mass is 334 g/mol. The van der Waals surface area contributed by atoms with Gasteiger partial charge in [0.05, 0.1) is 36.7 Å². The molecule has 0 atom stereocenters. The Morgan fingerprint density at radius 2 is 2.00 bits per heavy atom. The van der Waals surface area contributed by atoms with Crippen LogP contribution in [0.4, 0.5) is 5.69 Å². The molecule has 0 saturated heterocycles. The van der Waals surface area contributed by atoms with Gasteiger partial charge >= 0.3 is 5.97 Å². The lowest BCUT2D eigenvalue weighted by Gasteiger charge is -2.07. The Balaban J connectivity index is 2.16. The molecular formula is C16H15ClN2O4. The van der Waals surface area contributed by atoms with Gasteiger partial charge in [0.25, 0.3) is 0 Å². The fourth-order valence-corrected chi connectivity index (χ4v) is 2.06. The Morgan fingerprint density at radius 1 is 1.22 bits per heavy atom. The van der Waals surface area contributed by atoms with Crippen LogP contribution in [0.25, 0.3) is 0 Å². The highest BCUT2D eigenvalue weighted by Gasteiger charge is 2.09. The topological polar surface area (TPSA) is 80.2 Å². The van der Waals surface area contributed by atoms with Gasteiger partial charge in [0.15, 0.2) is 0 Å². The van der Waals surface area contributed by atoms with Gasteiger partial charge in [0, 0.05) is 11.6 Å². The van der Waals surface area contributed by atoms with E-state index in [2.05, 4.69) is 10.5 Å². The van der Waals surface area contributed by atoms with Crippen LogP contribution in [-0.4, -0.2) is 31.5 Å². The third-order valence-corrected chi connectivity index (χ3v) is 3.36. The third kappa shape index (κ3) is 4.14. The van der Waals surface area contributed by atoms with Crippen LogP contribution in [0, 0.1) is 0 Å². The Kier molecular flexibility index (Phi) is 5.43. The van der Waals surface area contributed by atoms with Crippen molar-refractivity contribution < 1.29 is 19.4 Å². The van der Waals surface area contributed by atoms with Crippen molar-refractivity contribution in [3.05, 3.63) is 52.5 Å². The maximum absolute atomic E-state index is 11.0. The van der Waals surface area contributed by atoms with Crippen molar-refractivity contribution in [1.82, 2.24) is 0 Å². The lowest BCUT2D eigenvalue weighted by atomic mass is 10.2. The number of aromatic carboxylic acids is 1. The Bertz CT molecular complexity index is 747. The Morgan fingerprint density at radius 3 is 2.65 bits per heavy atom. The largest absolute Gasteiger partial charge is 0.497 e. The molecule has 0 aromatic heterocycles. The summed E-state index contributed by atoms with van der Waals surface area (Å²) in [5.41, 5.74) is 4.02. The molecule has 0 fully saturated rings. The van der Waals surface area contributed by atoms with Crippen LogP contribution >= 0.6 is 11.6 Å². The fraction of sp³-hybridized carbons (Fsp3) is 0.125. The number of hydrogen-bond donors (Lipinski definition) is 2. The molecular weight excluding hydrogens is 320 g/mol. The second-order valence-electron chi connectivity index (χ2n) is 4.48. The molecule has 0 unspecified atom stereocenters. The summed E-state index contributed by atoms with van der Waals surface area (Å²) >= 11 is 5.81. The minimum atomic E-state index is -1.10. The number of halogens is 1. The maximum Gasteiger partial charge on any atom is 0.337 e. The first-order valence-corrected chi connectivity index (χ1v) is 6.97. The number of methoxy groups -OCH3 is 2. The van der Waals surface area contributed by atoms with Crippen LogP contribution < -0.4 is 14.9 Å². The van der Waals surface area contributed by atoms with Crippen LogP contribution in [-0.2, 0) is 0 Å². The van der Waals surface area contributed by atoms with Gasteiger partial charge in [-0.05, 0) is 30.3 Å². The molecule has 2 aromatic carbocycles. The van der Waals surface area contributed by atoms with Gasteiger partial charge < -0.3 is 14.6 Å². The van der Waals surface area contributed by atoms with Crippen LogP contribution in [0.3, 0.4) is 0 Å². The highest BCUT2D eigenvalue weighted by Crippen LogP contribution is 2.23. The summed E-state index contributed by atoms with van der Waals surface area (Å²) in [6, 6.07) is 9.87.